The second-order valence-electron chi connectivity index (χ2n) is 6.63. The van der Waals surface area contributed by atoms with Gasteiger partial charge in [-0.1, -0.05) is 19.8 Å². The van der Waals surface area contributed by atoms with Gasteiger partial charge in [0.15, 0.2) is 0 Å². The van der Waals surface area contributed by atoms with Crippen LogP contribution in [-0.2, 0) is 4.79 Å². The Hall–Kier alpha value is -0.610. The van der Waals surface area contributed by atoms with Gasteiger partial charge < -0.3 is 15.5 Å². The molecule has 2 aliphatic rings. The molecule has 4 nitrogen and oxygen atoms in total. The van der Waals surface area contributed by atoms with Crippen LogP contribution < -0.4 is 10.6 Å². The minimum atomic E-state index is 0.0528. The zero-order chi connectivity index (χ0) is 14.5. The summed E-state index contributed by atoms with van der Waals surface area (Å²) in [6.45, 7) is 6.11. The summed E-state index contributed by atoms with van der Waals surface area (Å²) in [5.41, 5.74) is 0. The highest BCUT2D eigenvalue weighted by atomic mass is 16.2. The van der Waals surface area contributed by atoms with Gasteiger partial charge in [-0.15, -0.1) is 0 Å². The number of carbonyl (C=O) groups excluding carboxylic acids is 1. The van der Waals surface area contributed by atoms with Gasteiger partial charge in [-0.2, -0.15) is 0 Å². The Morgan fingerprint density at radius 1 is 1.40 bits per heavy atom. The maximum atomic E-state index is 12.2. The fourth-order valence-corrected chi connectivity index (χ4v) is 3.53. The molecule has 1 aliphatic heterocycles. The van der Waals surface area contributed by atoms with Crippen molar-refractivity contribution in [1.29, 1.82) is 0 Å². The SMILES string of the molecule is CCC(C)N(C)CCNC(=O)C1CC2CCCCC2N1. The van der Waals surface area contributed by atoms with Crippen LogP contribution in [0.25, 0.3) is 0 Å². The molecule has 0 aromatic carbocycles. The average molecular weight is 281 g/mol. The van der Waals surface area contributed by atoms with Gasteiger partial charge in [0.1, 0.15) is 0 Å². The number of rotatable bonds is 6. The predicted molar refractivity (Wildman–Crippen MR) is 82.7 cm³/mol. The van der Waals surface area contributed by atoms with Crippen molar-refractivity contribution < 1.29 is 4.79 Å². The molecule has 4 heteroatoms. The Kier molecular flexibility index (Phi) is 5.85. The van der Waals surface area contributed by atoms with Crippen molar-refractivity contribution in [1.82, 2.24) is 15.5 Å². The quantitative estimate of drug-likeness (QED) is 0.779. The second-order valence-corrected chi connectivity index (χ2v) is 6.63. The summed E-state index contributed by atoms with van der Waals surface area (Å²) >= 11 is 0. The van der Waals surface area contributed by atoms with Crippen molar-refractivity contribution >= 4 is 5.91 Å². The summed E-state index contributed by atoms with van der Waals surface area (Å²) < 4.78 is 0. The number of amides is 1. The van der Waals surface area contributed by atoms with Crippen LogP contribution in [0.4, 0.5) is 0 Å². The van der Waals surface area contributed by atoms with Gasteiger partial charge in [0.2, 0.25) is 5.91 Å². The molecule has 4 unspecified atom stereocenters. The third-order valence-corrected chi connectivity index (χ3v) is 5.29. The molecule has 1 heterocycles. The summed E-state index contributed by atoms with van der Waals surface area (Å²) in [5.74, 6) is 0.944. The van der Waals surface area contributed by atoms with Crippen molar-refractivity contribution in [3.8, 4) is 0 Å². The van der Waals surface area contributed by atoms with E-state index in [1.807, 2.05) is 0 Å². The van der Waals surface area contributed by atoms with Crippen LogP contribution in [0.3, 0.4) is 0 Å². The molecule has 2 fully saturated rings. The van der Waals surface area contributed by atoms with E-state index in [1.54, 1.807) is 0 Å². The van der Waals surface area contributed by atoms with Crippen molar-refractivity contribution in [2.24, 2.45) is 5.92 Å². The van der Waals surface area contributed by atoms with Crippen LogP contribution in [0.1, 0.15) is 52.4 Å². The molecule has 116 valence electrons. The van der Waals surface area contributed by atoms with Crippen LogP contribution >= 0.6 is 0 Å². The molecule has 0 aromatic heterocycles. The number of hydrogen-bond donors (Lipinski definition) is 2. The fraction of sp³-hybridized carbons (Fsp3) is 0.938. The van der Waals surface area contributed by atoms with Gasteiger partial charge in [0.05, 0.1) is 6.04 Å². The zero-order valence-corrected chi connectivity index (χ0v) is 13.3. The molecule has 1 aliphatic carbocycles. The molecular weight excluding hydrogens is 250 g/mol. The molecule has 2 N–H and O–H groups in total. The number of nitrogens with one attached hydrogen (secondary N) is 2. The monoisotopic (exact) mass is 281 g/mol. The molecule has 0 aromatic rings. The summed E-state index contributed by atoms with van der Waals surface area (Å²) in [4.78, 5) is 14.5. The Labute approximate surface area is 123 Å². The van der Waals surface area contributed by atoms with E-state index in [9.17, 15) is 4.79 Å². The van der Waals surface area contributed by atoms with E-state index >= 15 is 0 Å². The lowest BCUT2D eigenvalue weighted by Crippen LogP contribution is -2.45. The number of carbonyl (C=O) groups is 1. The van der Waals surface area contributed by atoms with Crippen LogP contribution in [0.2, 0.25) is 0 Å². The standard InChI is InChI=1S/C16H31N3O/c1-4-12(2)19(3)10-9-17-16(20)15-11-13-7-5-6-8-14(13)18-15/h12-15,18H,4-11H2,1-3H3,(H,17,20). The molecule has 0 radical (unpaired) electrons. The number of fused-ring (bicyclic) bond motifs is 1. The largest absolute Gasteiger partial charge is 0.353 e. The van der Waals surface area contributed by atoms with Gasteiger partial charge >= 0.3 is 0 Å². The lowest BCUT2D eigenvalue weighted by molar-refractivity contribution is -0.122. The first-order chi connectivity index (χ1) is 9.61. The first-order valence-corrected chi connectivity index (χ1v) is 8.35. The van der Waals surface area contributed by atoms with Crippen molar-refractivity contribution in [3.05, 3.63) is 0 Å². The minimum Gasteiger partial charge on any atom is -0.353 e. The van der Waals surface area contributed by atoms with Gasteiger partial charge in [-0.3, -0.25) is 4.79 Å². The van der Waals surface area contributed by atoms with E-state index in [2.05, 4.69) is 36.4 Å². The molecule has 0 spiro atoms. The zero-order valence-electron chi connectivity index (χ0n) is 13.3. The number of hydrogen-bond acceptors (Lipinski definition) is 3. The highest BCUT2D eigenvalue weighted by molar-refractivity contribution is 5.82. The van der Waals surface area contributed by atoms with Gasteiger partial charge in [-0.05, 0) is 45.6 Å². The molecule has 1 amide bonds. The molecule has 1 saturated carbocycles. The molecule has 2 rings (SSSR count). The Morgan fingerprint density at radius 3 is 2.85 bits per heavy atom. The summed E-state index contributed by atoms with van der Waals surface area (Å²) in [6, 6.07) is 1.23. The van der Waals surface area contributed by atoms with Crippen molar-refractivity contribution in [3.63, 3.8) is 0 Å². The van der Waals surface area contributed by atoms with Crippen molar-refractivity contribution in [2.45, 2.75) is 70.5 Å². The third-order valence-electron chi connectivity index (χ3n) is 5.29. The van der Waals surface area contributed by atoms with E-state index in [0.29, 0.717) is 12.1 Å². The highest BCUT2D eigenvalue weighted by Gasteiger charge is 2.37. The minimum absolute atomic E-state index is 0.0528. The summed E-state index contributed by atoms with van der Waals surface area (Å²) in [6.07, 6.45) is 7.41. The molecule has 20 heavy (non-hydrogen) atoms. The maximum Gasteiger partial charge on any atom is 0.237 e. The van der Waals surface area contributed by atoms with Crippen LogP contribution in [-0.4, -0.2) is 49.1 Å². The molecule has 1 saturated heterocycles. The average Bonchev–Trinajstić information content (AvgIpc) is 2.90. The van der Waals surface area contributed by atoms with E-state index < -0.39 is 0 Å². The van der Waals surface area contributed by atoms with E-state index in [0.717, 1.165) is 31.8 Å². The lowest BCUT2D eigenvalue weighted by atomic mass is 9.85. The Bertz CT molecular complexity index is 307. The van der Waals surface area contributed by atoms with E-state index in [-0.39, 0.29) is 11.9 Å². The predicted octanol–water partition coefficient (Wildman–Crippen LogP) is 1.75. The van der Waals surface area contributed by atoms with Crippen LogP contribution in [0.5, 0.6) is 0 Å². The fourth-order valence-electron chi connectivity index (χ4n) is 3.53. The highest BCUT2D eigenvalue weighted by Crippen LogP contribution is 2.33. The van der Waals surface area contributed by atoms with Gasteiger partial charge in [-0.25, -0.2) is 0 Å². The summed E-state index contributed by atoms with van der Waals surface area (Å²) in [5, 5.41) is 6.64. The summed E-state index contributed by atoms with van der Waals surface area (Å²) in [7, 11) is 2.13. The molecule has 4 atom stereocenters. The first kappa shape index (κ1) is 15.8. The maximum absolute atomic E-state index is 12.2. The topological polar surface area (TPSA) is 44.4 Å². The molecule has 0 bridgehead atoms. The Morgan fingerprint density at radius 2 is 2.15 bits per heavy atom. The first-order valence-electron chi connectivity index (χ1n) is 8.35. The normalized spacial score (nSPS) is 31.1. The van der Waals surface area contributed by atoms with E-state index in [4.69, 9.17) is 0 Å². The Balaban J connectivity index is 1.68. The third kappa shape index (κ3) is 3.95. The smallest absolute Gasteiger partial charge is 0.237 e. The van der Waals surface area contributed by atoms with Crippen LogP contribution in [0, 0.1) is 5.92 Å². The van der Waals surface area contributed by atoms with Crippen molar-refractivity contribution in [2.75, 3.05) is 20.1 Å². The number of likely N-dealkylation sites (N-methyl/N-ethyl adjacent to an activating group) is 1. The lowest BCUT2D eigenvalue weighted by Gasteiger charge is -2.24. The van der Waals surface area contributed by atoms with Gasteiger partial charge in [0, 0.05) is 25.2 Å². The molecular formula is C16H31N3O. The number of nitrogens with zero attached hydrogens (tertiary/aromatic N) is 1. The van der Waals surface area contributed by atoms with E-state index in [1.165, 1.54) is 25.7 Å². The van der Waals surface area contributed by atoms with Crippen LogP contribution in [0.15, 0.2) is 0 Å². The van der Waals surface area contributed by atoms with Gasteiger partial charge in [0.25, 0.3) is 0 Å². The second kappa shape index (κ2) is 7.41.